The normalized spacial score (nSPS) is 30.8. The maximum atomic E-state index is 2.76. The first-order valence-electron chi connectivity index (χ1n) is 18.9. The van der Waals surface area contributed by atoms with Crippen LogP contribution in [0.15, 0.2) is 0 Å². The fourth-order valence-electron chi connectivity index (χ4n) is 9.94. The zero-order chi connectivity index (χ0) is 33.8. The Morgan fingerprint density at radius 3 is 1.09 bits per heavy atom. The van der Waals surface area contributed by atoms with Gasteiger partial charge in [-0.1, -0.05) is 84.6 Å². The number of piperidine rings is 4. The van der Waals surface area contributed by atoms with E-state index < -0.39 is 0 Å². The van der Waals surface area contributed by atoms with Gasteiger partial charge in [-0.3, -0.25) is 14.7 Å². The highest BCUT2D eigenvalue weighted by molar-refractivity contribution is 5.06. The van der Waals surface area contributed by atoms with E-state index in [4.69, 9.17) is 0 Å². The van der Waals surface area contributed by atoms with Crippen molar-refractivity contribution in [1.82, 2.24) is 14.7 Å². The van der Waals surface area contributed by atoms with E-state index in [0.717, 1.165) is 41.7 Å². The van der Waals surface area contributed by atoms with E-state index in [2.05, 4.69) is 139 Å². The fraction of sp³-hybridized carbons (Fsp3) is 1.00. The molecule has 0 aromatic rings. The highest BCUT2D eigenvalue weighted by atomic mass is 15.3. The lowest BCUT2D eigenvalue weighted by molar-refractivity contribution is -0.123. The molecule has 2 aliphatic carbocycles. The van der Waals surface area contributed by atoms with E-state index >= 15 is 0 Å². The summed E-state index contributed by atoms with van der Waals surface area (Å²) in [6.07, 6.45) is 8.56. The van der Waals surface area contributed by atoms with Crippen LogP contribution in [0.4, 0.5) is 0 Å². The Bertz CT molecular complexity index is 801. The molecule has 7 aliphatic rings. The van der Waals surface area contributed by atoms with Crippen LogP contribution in [0, 0.1) is 45.8 Å². The summed E-state index contributed by atoms with van der Waals surface area (Å²) in [5.41, 5.74) is 2.67. The number of likely N-dealkylation sites (tertiary alicyclic amines) is 1. The first kappa shape index (κ1) is 46.9. The first-order valence-corrected chi connectivity index (χ1v) is 18.9. The molecule has 2 saturated carbocycles. The van der Waals surface area contributed by atoms with Crippen LogP contribution in [0.1, 0.15) is 185 Å². The molecular weight excluding hydrogens is 571 g/mol. The Morgan fingerprint density at radius 1 is 0.404 bits per heavy atom. The molecule has 4 unspecified atom stereocenters. The van der Waals surface area contributed by atoms with E-state index in [1.165, 1.54) is 64.7 Å². The average molecular weight is 664 g/mol. The maximum absolute atomic E-state index is 2.76. The third kappa shape index (κ3) is 12.0. The number of hydrogen-bond acceptors (Lipinski definition) is 3. The van der Waals surface area contributed by atoms with E-state index in [1.54, 1.807) is 0 Å². The lowest BCUT2D eigenvalue weighted by atomic mass is 9.52. The Morgan fingerprint density at radius 2 is 0.787 bits per heavy atom. The predicted molar refractivity (Wildman–Crippen MR) is 216 cm³/mol. The molecule has 0 spiro atoms. The van der Waals surface area contributed by atoms with Gasteiger partial charge in [-0.25, -0.2) is 0 Å². The summed E-state index contributed by atoms with van der Waals surface area (Å²) in [7, 11) is 0. The second-order valence-electron chi connectivity index (χ2n) is 22.2. The van der Waals surface area contributed by atoms with Crippen LogP contribution in [-0.4, -0.2) is 69.6 Å². The number of fused-ring (bicyclic) bond motifs is 4. The second kappa shape index (κ2) is 16.0. The Balaban J connectivity index is 0.000000655. The largest absolute Gasteiger partial charge is 0.298 e. The lowest BCUT2D eigenvalue weighted by Gasteiger charge is -2.62. The van der Waals surface area contributed by atoms with Crippen LogP contribution in [0.5, 0.6) is 0 Å². The molecule has 0 aromatic heterocycles. The summed E-state index contributed by atoms with van der Waals surface area (Å²) in [6, 6.07) is 1.76. The fourth-order valence-corrected chi connectivity index (χ4v) is 9.94. The molecule has 284 valence electrons. The molecule has 5 heterocycles. The minimum absolute atomic E-state index is 0. The topological polar surface area (TPSA) is 9.72 Å². The summed E-state index contributed by atoms with van der Waals surface area (Å²) in [6.45, 7) is 48.0. The number of rotatable bonds is 0. The number of nitrogens with zero attached hydrogens (tertiary/aromatic N) is 3. The average Bonchev–Trinajstić information content (AvgIpc) is 2.81. The van der Waals surface area contributed by atoms with Crippen molar-refractivity contribution >= 4 is 0 Å². The summed E-state index contributed by atoms with van der Waals surface area (Å²) in [5, 5.41) is 0. The van der Waals surface area contributed by atoms with Crippen LogP contribution in [0.25, 0.3) is 0 Å². The van der Waals surface area contributed by atoms with E-state index in [1.807, 2.05) is 0 Å². The Labute approximate surface area is 300 Å². The summed E-state index contributed by atoms with van der Waals surface area (Å²) in [4.78, 5) is 8.07. The van der Waals surface area contributed by atoms with Crippen molar-refractivity contribution in [2.75, 3.05) is 26.2 Å². The summed E-state index contributed by atoms with van der Waals surface area (Å²) < 4.78 is 0. The van der Waals surface area contributed by atoms with Crippen LogP contribution < -0.4 is 0 Å². The SMILES string of the molecule is C.C.C.CC(C)(C)C1C2CC1CN(C(C)(C)C)C2.CC(C)(C)C1CC2CC(C1)N2C(C)(C)C.CC(C)(C)C1CCN(C(C)(C)C)CC1. The Hall–Kier alpha value is -0.120. The Kier molecular flexibility index (Phi) is 16.0. The summed E-state index contributed by atoms with van der Waals surface area (Å²) >= 11 is 0. The van der Waals surface area contributed by atoms with Crippen LogP contribution in [0.3, 0.4) is 0 Å². The van der Waals surface area contributed by atoms with E-state index in [-0.39, 0.29) is 22.3 Å². The molecule has 4 atom stereocenters. The lowest BCUT2D eigenvalue weighted by Crippen LogP contribution is -2.67. The van der Waals surface area contributed by atoms with Gasteiger partial charge >= 0.3 is 0 Å². The van der Waals surface area contributed by atoms with Gasteiger partial charge in [0.25, 0.3) is 0 Å². The van der Waals surface area contributed by atoms with Gasteiger partial charge in [-0.15, -0.1) is 0 Å². The van der Waals surface area contributed by atoms with Gasteiger partial charge in [-0.2, -0.15) is 0 Å². The molecule has 0 N–H and O–H groups in total. The first-order chi connectivity index (χ1) is 19.6. The van der Waals surface area contributed by atoms with Gasteiger partial charge in [0.15, 0.2) is 0 Å². The van der Waals surface area contributed by atoms with Crippen molar-refractivity contribution in [3.63, 3.8) is 0 Å². The van der Waals surface area contributed by atoms with Crippen molar-refractivity contribution in [3.05, 3.63) is 0 Å². The zero-order valence-electron chi connectivity index (χ0n) is 33.5. The summed E-state index contributed by atoms with van der Waals surface area (Å²) in [5.74, 6) is 4.79. The molecular formula is C44H93N3. The van der Waals surface area contributed by atoms with Gasteiger partial charge < -0.3 is 0 Å². The monoisotopic (exact) mass is 664 g/mol. The van der Waals surface area contributed by atoms with Crippen molar-refractivity contribution < 1.29 is 0 Å². The molecule has 0 radical (unpaired) electrons. The highest BCUT2D eigenvalue weighted by Crippen LogP contribution is 2.54. The number of hydrogen-bond donors (Lipinski definition) is 0. The molecule has 5 aliphatic heterocycles. The minimum atomic E-state index is 0. The van der Waals surface area contributed by atoms with Crippen LogP contribution >= 0.6 is 0 Å². The van der Waals surface area contributed by atoms with Crippen molar-refractivity contribution in [1.29, 1.82) is 0 Å². The smallest absolute Gasteiger partial charge is 0.0130 e. The molecule has 0 aromatic carbocycles. The van der Waals surface area contributed by atoms with Crippen molar-refractivity contribution in [3.8, 4) is 0 Å². The van der Waals surface area contributed by atoms with Crippen LogP contribution in [0.2, 0.25) is 0 Å². The van der Waals surface area contributed by atoms with Gasteiger partial charge in [0, 0.05) is 41.8 Å². The van der Waals surface area contributed by atoms with Gasteiger partial charge in [0.1, 0.15) is 0 Å². The predicted octanol–water partition coefficient (Wildman–Crippen LogP) is 12.5. The molecule has 47 heavy (non-hydrogen) atoms. The van der Waals surface area contributed by atoms with Crippen LogP contribution in [-0.2, 0) is 0 Å². The van der Waals surface area contributed by atoms with E-state index in [9.17, 15) is 0 Å². The van der Waals surface area contributed by atoms with Gasteiger partial charge in [0.2, 0.25) is 0 Å². The highest BCUT2D eigenvalue weighted by Gasteiger charge is 2.53. The molecule has 7 fully saturated rings. The third-order valence-corrected chi connectivity index (χ3v) is 12.6. The minimum Gasteiger partial charge on any atom is -0.298 e. The maximum Gasteiger partial charge on any atom is 0.0130 e. The standard InChI is InChI=1S/2C14H27N.C13H27N.3CH4/c1-13(2,3)12-10-7-11(12)9-15(8-10)14(4,5)6;1-13(2,3)10-7-11-9-12(8-10)15(11)14(4,5)6;1-12(2,3)11-7-9-14(10-8-11)13(4,5)6;;;/h2*10-12H,7-9H2,1-6H3;11H,7-10H2,1-6H3;3*1H4. The van der Waals surface area contributed by atoms with Gasteiger partial charge in [0.05, 0.1) is 0 Å². The molecule has 3 nitrogen and oxygen atoms in total. The van der Waals surface area contributed by atoms with Crippen molar-refractivity contribution in [2.24, 2.45) is 45.8 Å². The molecule has 3 heteroatoms. The van der Waals surface area contributed by atoms with E-state index in [0.29, 0.717) is 32.9 Å². The second-order valence-corrected chi connectivity index (χ2v) is 22.2. The van der Waals surface area contributed by atoms with Gasteiger partial charge in [-0.05, 0) is 160 Å². The third-order valence-electron chi connectivity index (χ3n) is 12.6. The molecule has 0 amide bonds. The quantitative estimate of drug-likeness (QED) is 0.255. The van der Waals surface area contributed by atoms with Crippen molar-refractivity contribution in [2.45, 2.75) is 214 Å². The molecule has 7 rings (SSSR count). The zero-order valence-corrected chi connectivity index (χ0v) is 33.5. The molecule has 5 saturated heterocycles. The molecule has 4 bridgehead atoms.